The predicted molar refractivity (Wildman–Crippen MR) is 115 cm³/mol. The number of amides is 1. The number of hydrogen-bond acceptors (Lipinski definition) is 4. The van der Waals surface area contributed by atoms with Crippen LogP contribution in [0.1, 0.15) is 19.3 Å². The van der Waals surface area contributed by atoms with Crippen molar-refractivity contribution in [3.8, 4) is 0 Å². The fraction of sp³-hybridized carbons (Fsp3) is 0.500. The van der Waals surface area contributed by atoms with Crippen LogP contribution >= 0.6 is 24.8 Å². The lowest BCUT2D eigenvalue weighted by Gasteiger charge is -2.37. The molecule has 2 aliphatic rings. The van der Waals surface area contributed by atoms with Crippen molar-refractivity contribution >= 4 is 47.4 Å². The van der Waals surface area contributed by atoms with E-state index in [4.69, 9.17) is 4.98 Å². The molecular formula is C20H28Cl2N4O. The first kappa shape index (κ1) is 21.7. The van der Waals surface area contributed by atoms with E-state index in [-0.39, 0.29) is 30.7 Å². The Kier molecular flexibility index (Phi) is 8.14. The highest BCUT2D eigenvalue weighted by Crippen LogP contribution is 2.19. The summed E-state index contributed by atoms with van der Waals surface area (Å²) in [5, 5.41) is 1.17. The number of aromatic nitrogens is 1. The number of fused-ring (bicyclic) bond motifs is 1. The lowest BCUT2D eigenvalue weighted by atomic mass is 10.1. The fourth-order valence-corrected chi connectivity index (χ4v) is 3.83. The minimum atomic E-state index is 0. The Morgan fingerprint density at radius 3 is 2.30 bits per heavy atom. The quantitative estimate of drug-likeness (QED) is 0.778. The maximum absolute atomic E-state index is 12.5. The summed E-state index contributed by atoms with van der Waals surface area (Å²) in [6, 6.07) is 12.4. The Labute approximate surface area is 173 Å². The molecule has 0 bridgehead atoms. The number of anilines is 1. The molecule has 3 heterocycles. The third kappa shape index (κ3) is 5.24. The van der Waals surface area contributed by atoms with Gasteiger partial charge in [0.15, 0.2) is 0 Å². The number of nitrogens with zero attached hydrogens (tertiary/aromatic N) is 4. The molecule has 2 aromatic rings. The maximum Gasteiger partial charge on any atom is 0.236 e. The second-order valence-corrected chi connectivity index (χ2v) is 7.07. The van der Waals surface area contributed by atoms with E-state index in [1.807, 2.05) is 17.0 Å². The van der Waals surface area contributed by atoms with Crippen molar-refractivity contribution in [2.24, 2.45) is 0 Å². The third-order valence-electron chi connectivity index (χ3n) is 5.35. The van der Waals surface area contributed by atoms with E-state index in [1.54, 1.807) is 0 Å². The van der Waals surface area contributed by atoms with Crippen LogP contribution in [0.25, 0.3) is 10.9 Å². The molecule has 0 saturated carbocycles. The average molecular weight is 411 g/mol. The van der Waals surface area contributed by atoms with Gasteiger partial charge in [-0.3, -0.25) is 9.69 Å². The monoisotopic (exact) mass is 410 g/mol. The zero-order chi connectivity index (χ0) is 17.1. The molecule has 1 aromatic heterocycles. The first-order chi connectivity index (χ1) is 12.3. The van der Waals surface area contributed by atoms with Gasteiger partial charge in [-0.2, -0.15) is 0 Å². The summed E-state index contributed by atoms with van der Waals surface area (Å²) in [6.07, 6.45) is 3.77. The van der Waals surface area contributed by atoms with E-state index in [2.05, 4.69) is 34.1 Å². The van der Waals surface area contributed by atoms with E-state index in [0.717, 1.165) is 50.6 Å². The van der Waals surface area contributed by atoms with Crippen molar-refractivity contribution in [1.29, 1.82) is 0 Å². The molecule has 4 rings (SSSR count). The number of halogens is 2. The van der Waals surface area contributed by atoms with E-state index in [9.17, 15) is 4.79 Å². The molecule has 1 amide bonds. The number of hydrogen-bond donors (Lipinski definition) is 0. The summed E-state index contributed by atoms with van der Waals surface area (Å²) in [5.74, 6) is 1.30. The summed E-state index contributed by atoms with van der Waals surface area (Å²) in [7, 11) is 0. The second-order valence-electron chi connectivity index (χ2n) is 7.07. The van der Waals surface area contributed by atoms with Gasteiger partial charge < -0.3 is 9.80 Å². The number of pyridine rings is 1. The van der Waals surface area contributed by atoms with Crippen molar-refractivity contribution in [1.82, 2.24) is 14.8 Å². The molecule has 7 heteroatoms. The molecule has 5 nitrogen and oxygen atoms in total. The largest absolute Gasteiger partial charge is 0.353 e. The first-order valence-corrected chi connectivity index (χ1v) is 9.40. The average Bonchev–Trinajstić information content (AvgIpc) is 2.68. The van der Waals surface area contributed by atoms with E-state index in [1.165, 1.54) is 24.6 Å². The summed E-state index contributed by atoms with van der Waals surface area (Å²) in [5.41, 5.74) is 1.03. The van der Waals surface area contributed by atoms with Crippen LogP contribution in [0, 0.1) is 0 Å². The minimum absolute atomic E-state index is 0. The van der Waals surface area contributed by atoms with Gasteiger partial charge in [0.25, 0.3) is 0 Å². The van der Waals surface area contributed by atoms with E-state index in [0.29, 0.717) is 6.54 Å². The lowest BCUT2D eigenvalue weighted by Crippen LogP contribution is -2.51. The Hall–Kier alpha value is -1.56. The number of likely N-dealkylation sites (tertiary alicyclic amines) is 1. The molecular weight excluding hydrogens is 383 g/mol. The van der Waals surface area contributed by atoms with Crippen molar-refractivity contribution < 1.29 is 4.79 Å². The number of benzene rings is 1. The van der Waals surface area contributed by atoms with Crippen LogP contribution in [0.5, 0.6) is 0 Å². The van der Waals surface area contributed by atoms with Crippen molar-refractivity contribution in [2.45, 2.75) is 19.3 Å². The van der Waals surface area contributed by atoms with Gasteiger partial charge in [0, 0.05) is 31.6 Å². The number of piperazine rings is 1. The molecule has 27 heavy (non-hydrogen) atoms. The SMILES string of the molecule is Cl.Cl.O=C(CN1CCCCC1)N1CCN(c2ccc3ccccc3n2)CC1. The molecule has 2 fully saturated rings. The molecule has 0 N–H and O–H groups in total. The first-order valence-electron chi connectivity index (χ1n) is 9.40. The summed E-state index contributed by atoms with van der Waals surface area (Å²) >= 11 is 0. The van der Waals surface area contributed by atoms with E-state index >= 15 is 0 Å². The molecule has 0 spiro atoms. The standard InChI is InChI=1S/C20H26N4O.2ClH/c25-20(16-22-10-4-1-5-11-22)24-14-12-23(13-15-24)19-9-8-17-6-2-3-7-18(17)21-19;;/h2-3,6-9H,1,4-5,10-16H2;2*1H. The second kappa shape index (κ2) is 10.1. The Balaban J connectivity index is 0.00000131. The van der Waals surface area contributed by atoms with Crippen molar-refractivity contribution in [3.05, 3.63) is 36.4 Å². The Bertz CT molecular complexity index is 744. The number of para-hydroxylation sites is 1. The van der Waals surface area contributed by atoms with Crippen LogP contribution in [0.2, 0.25) is 0 Å². The van der Waals surface area contributed by atoms with Crippen LogP contribution in [-0.4, -0.2) is 66.5 Å². The number of piperidine rings is 1. The summed E-state index contributed by atoms with van der Waals surface area (Å²) < 4.78 is 0. The minimum Gasteiger partial charge on any atom is -0.353 e. The molecule has 0 unspecified atom stereocenters. The number of carbonyl (C=O) groups is 1. The topological polar surface area (TPSA) is 39.7 Å². The molecule has 0 aliphatic carbocycles. The molecule has 0 radical (unpaired) electrons. The smallest absolute Gasteiger partial charge is 0.236 e. The number of carbonyl (C=O) groups excluding carboxylic acids is 1. The van der Waals surface area contributed by atoms with Crippen LogP contribution < -0.4 is 4.90 Å². The number of rotatable bonds is 3. The zero-order valence-corrected chi connectivity index (χ0v) is 17.2. The predicted octanol–water partition coefficient (Wildman–Crippen LogP) is 3.21. The lowest BCUT2D eigenvalue weighted by molar-refractivity contribution is -0.132. The van der Waals surface area contributed by atoms with Gasteiger partial charge in [-0.15, -0.1) is 24.8 Å². The van der Waals surface area contributed by atoms with Crippen molar-refractivity contribution in [2.75, 3.05) is 50.7 Å². The third-order valence-corrected chi connectivity index (χ3v) is 5.35. The molecule has 148 valence electrons. The summed E-state index contributed by atoms with van der Waals surface area (Å²) in [6.45, 7) is 6.05. The summed E-state index contributed by atoms with van der Waals surface area (Å²) in [4.78, 5) is 23.9. The van der Waals surface area contributed by atoms with Crippen LogP contribution in [-0.2, 0) is 4.79 Å². The van der Waals surface area contributed by atoms with Crippen LogP contribution in [0.15, 0.2) is 36.4 Å². The van der Waals surface area contributed by atoms with Gasteiger partial charge >= 0.3 is 0 Å². The highest BCUT2D eigenvalue weighted by atomic mass is 35.5. The molecule has 0 atom stereocenters. The van der Waals surface area contributed by atoms with Gasteiger partial charge in [-0.05, 0) is 44.1 Å². The highest BCUT2D eigenvalue weighted by molar-refractivity contribution is 5.85. The molecule has 2 aliphatic heterocycles. The normalized spacial score (nSPS) is 17.9. The Morgan fingerprint density at radius 2 is 1.56 bits per heavy atom. The zero-order valence-electron chi connectivity index (χ0n) is 15.5. The van der Waals surface area contributed by atoms with Gasteiger partial charge in [0.2, 0.25) is 5.91 Å². The van der Waals surface area contributed by atoms with Crippen molar-refractivity contribution in [3.63, 3.8) is 0 Å². The van der Waals surface area contributed by atoms with Gasteiger partial charge in [0.05, 0.1) is 12.1 Å². The van der Waals surface area contributed by atoms with Crippen LogP contribution in [0.3, 0.4) is 0 Å². The fourth-order valence-electron chi connectivity index (χ4n) is 3.83. The van der Waals surface area contributed by atoms with Gasteiger partial charge in [-0.1, -0.05) is 24.6 Å². The van der Waals surface area contributed by atoms with E-state index < -0.39 is 0 Å². The van der Waals surface area contributed by atoms with Gasteiger partial charge in [-0.25, -0.2) is 4.98 Å². The van der Waals surface area contributed by atoms with Crippen LogP contribution in [0.4, 0.5) is 5.82 Å². The Morgan fingerprint density at radius 1 is 0.852 bits per heavy atom. The molecule has 2 saturated heterocycles. The maximum atomic E-state index is 12.5. The van der Waals surface area contributed by atoms with Gasteiger partial charge in [0.1, 0.15) is 5.82 Å². The highest BCUT2D eigenvalue weighted by Gasteiger charge is 2.24. The molecule has 1 aromatic carbocycles.